The van der Waals surface area contributed by atoms with E-state index in [9.17, 15) is 5.11 Å². The van der Waals surface area contributed by atoms with Crippen LogP contribution in [0.1, 0.15) is 25.0 Å². The normalized spacial score (nSPS) is 11.6. The molecule has 0 aliphatic heterocycles. The van der Waals surface area contributed by atoms with Gasteiger partial charge in [0.1, 0.15) is 0 Å². The second kappa shape index (κ2) is 9.43. The van der Waals surface area contributed by atoms with Crippen LogP contribution in [-0.4, -0.2) is 29.0 Å². The Morgan fingerprint density at radius 3 is 2.23 bits per heavy atom. The summed E-state index contributed by atoms with van der Waals surface area (Å²) in [7, 11) is 0. The Morgan fingerprint density at radius 1 is 0.935 bits per heavy atom. The number of H-pyrrole nitrogens is 1. The highest BCUT2D eigenvalue weighted by Gasteiger charge is 2.21. The van der Waals surface area contributed by atoms with E-state index in [2.05, 4.69) is 27.6 Å². The van der Waals surface area contributed by atoms with Crippen molar-refractivity contribution in [1.29, 1.82) is 0 Å². The summed E-state index contributed by atoms with van der Waals surface area (Å²) < 4.78 is 12.7. The molecule has 2 N–H and O–H groups in total. The minimum Gasteiger partial charge on any atom is -0.494 e. The van der Waals surface area contributed by atoms with E-state index < -0.39 is 0 Å². The number of benzene rings is 3. The van der Waals surface area contributed by atoms with Gasteiger partial charge in [0.25, 0.3) is 0 Å². The van der Waals surface area contributed by atoms with E-state index in [1.807, 2.05) is 80.6 Å². The number of hydrogen-bond donors (Lipinski definition) is 2. The zero-order valence-corrected chi connectivity index (χ0v) is 19.5. The Morgan fingerprint density at radius 2 is 1.58 bits per heavy atom. The SMILES string of the molecule is CCOc1cc2[nH]c(O)c(C(=Nc3ccc(I)cc3)c3ccccc3)c2cc1OCC. The molecular formula is C25H23IN2O3. The Balaban J connectivity index is 1.96. The Bertz CT molecular complexity index is 1220. The van der Waals surface area contributed by atoms with Crippen LogP contribution in [0.25, 0.3) is 10.9 Å². The summed E-state index contributed by atoms with van der Waals surface area (Å²) in [6.45, 7) is 4.90. The fourth-order valence-electron chi connectivity index (χ4n) is 3.47. The van der Waals surface area contributed by atoms with Crippen LogP contribution in [0.3, 0.4) is 0 Å². The standard InChI is InChI=1S/C25H23IN2O3/c1-3-30-21-14-19-20(15-22(21)31-4-2)28-25(29)23(19)24(16-8-6-5-7-9-16)27-18-12-10-17(26)11-13-18/h5-15,28-29H,3-4H2,1-2H3. The molecule has 0 atom stereocenters. The predicted molar refractivity (Wildman–Crippen MR) is 133 cm³/mol. The van der Waals surface area contributed by atoms with Gasteiger partial charge in [0.05, 0.1) is 35.7 Å². The van der Waals surface area contributed by atoms with Gasteiger partial charge in [-0.1, -0.05) is 30.3 Å². The average molecular weight is 526 g/mol. The quantitative estimate of drug-likeness (QED) is 0.215. The van der Waals surface area contributed by atoms with Crippen molar-refractivity contribution < 1.29 is 14.6 Å². The monoisotopic (exact) mass is 526 g/mol. The van der Waals surface area contributed by atoms with E-state index in [-0.39, 0.29) is 5.88 Å². The van der Waals surface area contributed by atoms with Gasteiger partial charge in [-0.05, 0) is 66.8 Å². The maximum atomic E-state index is 10.9. The molecule has 5 nitrogen and oxygen atoms in total. The zero-order chi connectivity index (χ0) is 21.8. The molecule has 0 unspecified atom stereocenters. The average Bonchev–Trinajstić information content (AvgIpc) is 3.09. The van der Waals surface area contributed by atoms with Gasteiger partial charge in [0.2, 0.25) is 0 Å². The molecule has 0 spiro atoms. The Labute approximate surface area is 194 Å². The number of halogens is 1. The van der Waals surface area contributed by atoms with E-state index in [0.717, 1.165) is 25.7 Å². The molecule has 0 saturated heterocycles. The van der Waals surface area contributed by atoms with E-state index in [0.29, 0.717) is 36.0 Å². The van der Waals surface area contributed by atoms with E-state index in [1.165, 1.54) is 0 Å². The largest absolute Gasteiger partial charge is 0.494 e. The van der Waals surface area contributed by atoms with Gasteiger partial charge in [0, 0.05) is 20.6 Å². The number of aliphatic imine (C=N–C) groups is 1. The molecule has 0 saturated carbocycles. The lowest BCUT2D eigenvalue weighted by Crippen LogP contribution is -2.03. The Kier molecular flexibility index (Phi) is 6.46. The summed E-state index contributed by atoms with van der Waals surface area (Å²) in [6.07, 6.45) is 0. The molecule has 158 valence electrons. The molecule has 0 aliphatic carbocycles. The van der Waals surface area contributed by atoms with Crippen LogP contribution in [0.4, 0.5) is 5.69 Å². The summed E-state index contributed by atoms with van der Waals surface area (Å²) in [5.74, 6) is 1.33. The topological polar surface area (TPSA) is 66.8 Å². The summed E-state index contributed by atoms with van der Waals surface area (Å²) in [6, 6.07) is 21.6. The van der Waals surface area contributed by atoms with Crippen molar-refractivity contribution in [3.63, 3.8) is 0 Å². The molecule has 6 heteroatoms. The molecule has 0 radical (unpaired) electrons. The number of nitrogens with zero attached hydrogens (tertiary/aromatic N) is 1. The summed E-state index contributed by atoms with van der Waals surface area (Å²) in [5, 5.41) is 11.7. The molecule has 4 rings (SSSR count). The predicted octanol–water partition coefficient (Wildman–Crippen LogP) is 6.44. The first-order valence-corrected chi connectivity index (χ1v) is 11.2. The first-order valence-electron chi connectivity index (χ1n) is 10.1. The van der Waals surface area contributed by atoms with Gasteiger partial charge in [-0.2, -0.15) is 0 Å². The van der Waals surface area contributed by atoms with Crippen LogP contribution >= 0.6 is 22.6 Å². The second-order valence-electron chi connectivity index (χ2n) is 6.86. The summed E-state index contributed by atoms with van der Waals surface area (Å²) in [5.41, 5.74) is 3.78. The zero-order valence-electron chi connectivity index (χ0n) is 17.4. The fourth-order valence-corrected chi connectivity index (χ4v) is 3.83. The Hall–Kier alpha value is -3.00. The highest BCUT2D eigenvalue weighted by atomic mass is 127. The number of aromatic hydroxyl groups is 1. The second-order valence-corrected chi connectivity index (χ2v) is 8.11. The van der Waals surface area contributed by atoms with Gasteiger partial charge in [-0.25, -0.2) is 4.99 Å². The molecule has 1 aromatic heterocycles. The van der Waals surface area contributed by atoms with Crippen molar-refractivity contribution in [2.24, 2.45) is 4.99 Å². The van der Waals surface area contributed by atoms with Crippen LogP contribution in [0.5, 0.6) is 17.4 Å². The third-order valence-corrected chi connectivity index (χ3v) is 5.51. The maximum absolute atomic E-state index is 10.9. The summed E-state index contributed by atoms with van der Waals surface area (Å²) in [4.78, 5) is 8.00. The fraction of sp³-hybridized carbons (Fsp3) is 0.160. The van der Waals surface area contributed by atoms with Gasteiger partial charge < -0.3 is 19.6 Å². The van der Waals surface area contributed by atoms with Crippen molar-refractivity contribution in [3.05, 3.63) is 81.4 Å². The molecule has 0 fully saturated rings. The maximum Gasteiger partial charge on any atom is 0.199 e. The highest BCUT2D eigenvalue weighted by Crippen LogP contribution is 2.38. The van der Waals surface area contributed by atoms with Gasteiger partial charge in [-0.15, -0.1) is 0 Å². The molecule has 4 aromatic rings. The minimum absolute atomic E-state index is 0.0548. The van der Waals surface area contributed by atoms with Crippen molar-refractivity contribution in [2.75, 3.05) is 13.2 Å². The van der Waals surface area contributed by atoms with Crippen LogP contribution in [0.15, 0.2) is 71.7 Å². The molecule has 1 heterocycles. The summed E-state index contributed by atoms with van der Waals surface area (Å²) >= 11 is 2.27. The molecule has 3 aromatic carbocycles. The van der Waals surface area contributed by atoms with Crippen molar-refractivity contribution in [2.45, 2.75) is 13.8 Å². The lowest BCUT2D eigenvalue weighted by Gasteiger charge is -2.12. The van der Waals surface area contributed by atoms with Crippen LogP contribution in [0.2, 0.25) is 0 Å². The number of hydrogen-bond acceptors (Lipinski definition) is 4. The van der Waals surface area contributed by atoms with Crippen molar-refractivity contribution >= 4 is 44.9 Å². The third kappa shape index (κ3) is 4.54. The number of aromatic nitrogens is 1. The number of ether oxygens (including phenoxy) is 2. The number of aromatic amines is 1. The van der Waals surface area contributed by atoms with Crippen molar-refractivity contribution in [3.8, 4) is 17.4 Å². The van der Waals surface area contributed by atoms with E-state index >= 15 is 0 Å². The number of rotatable bonds is 7. The molecule has 0 aliphatic rings. The number of fused-ring (bicyclic) bond motifs is 1. The van der Waals surface area contributed by atoms with Crippen LogP contribution in [-0.2, 0) is 0 Å². The molecule has 0 bridgehead atoms. The highest BCUT2D eigenvalue weighted by molar-refractivity contribution is 14.1. The van der Waals surface area contributed by atoms with E-state index in [1.54, 1.807) is 0 Å². The van der Waals surface area contributed by atoms with Gasteiger partial charge >= 0.3 is 0 Å². The molecular weight excluding hydrogens is 503 g/mol. The lowest BCUT2D eigenvalue weighted by atomic mass is 10.0. The minimum atomic E-state index is 0.0548. The smallest absolute Gasteiger partial charge is 0.199 e. The number of nitrogens with one attached hydrogen (secondary N) is 1. The van der Waals surface area contributed by atoms with E-state index in [4.69, 9.17) is 14.5 Å². The van der Waals surface area contributed by atoms with Gasteiger partial charge in [0.15, 0.2) is 17.4 Å². The first kappa shape index (κ1) is 21.2. The van der Waals surface area contributed by atoms with Gasteiger partial charge in [-0.3, -0.25) is 0 Å². The lowest BCUT2D eigenvalue weighted by molar-refractivity contribution is 0.288. The third-order valence-electron chi connectivity index (χ3n) is 4.79. The van der Waals surface area contributed by atoms with Crippen LogP contribution in [0, 0.1) is 3.57 Å². The molecule has 0 amide bonds. The van der Waals surface area contributed by atoms with Crippen LogP contribution < -0.4 is 9.47 Å². The molecule has 31 heavy (non-hydrogen) atoms. The van der Waals surface area contributed by atoms with Crippen molar-refractivity contribution in [1.82, 2.24) is 4.98 Å². The first-order chi connectivity index (χ1) is 15.1.